The van der Waals surface area contributed by atoms with Gasteiger partial charge in [0.05, 0.1) is 13.7 Å². The first-order chi connectivity index (χ1) is 8.29. The number of methoxy groups -OCH3 is 1. The van der Waals surface area contributed by atoms with E-state index in [9.17, 15) is 5.11 Å². The van der Waals surface area contributed by atoms with Gasteiger partial charge in [-0.05, 0) is 30.0 Å². The highest BCUT2D eigenvalue weighted by molar-refractivity contribution is 5.41. The third-order valence-corrected chi connectivity index (χ3v) is 3.03. The predicted octanol–water partition coefficient (Wildman–Crippen LogP) is 1.53. The van der Waals surface area contributed by atoms with E-state index in [1.165, 1.54) is 0 Å². The summed E-state index contributed by atoms with van der Waals surface area (Å²) in [4.78, 5) is 0. The average molecular weight is 237 g/mol. The van der Waals surface area contributed by atoms with Gasteiger partial charge in [0.25, 0.3) is 0 Å². The van der Waals surface area contributed by atoms with Crippen LogP contribution in [0.2, 0.25) is 0 Å². The summed E-state index contributed by atoms with van der Waals surface area (Å²) in [5.74, 6) is 1.34. The second kappa shape index (κ2) is 5.89. The van der Waals surface area contributed by atoms with Gasteiger partial charge in [-0.15, -0.1) is 0 Å². The van der Waals surface area contributed by atoms with Crippen LogP contribution in [-0.4, -0.2) is 32.0 Å². The molecule has 2 N–H and O–H groups in total. The molecule has 0 amide bonds. The van der Waals surface area contributed by atoms with Crippen LogP contribution in [0.25, 0.3) is 0 Å². The lowest BCUT2D eigenvalue weighted by molar-refractivity contribution is 0.185. The molecule has 2 rings (SSSR count). The maximum atomic E-state index is 9.47. The number of nitrogens with one attached hydrogen (secondary N) is 1. The van der Waals surface area contributed by atoms with Crippen LogP contribution in [-0.2, 0) is 11.3 Å². The van der Waals surface area contributed by atoms with Crippen LogP contribution in [0.15, 0.2) is 18.2 Å². The van der Waals surface area contributed by atoms with Crippen molar-refractivity contribution in [1.82, 2.24) is 5.32 Å². The van der Waals surface area contributed by atoms with Gasteiger partial charge in [0.15, 0.2) is 11.5 Å². The SMILES string of the molecule is COc1cc(CNCC2CCOC2)ccc1O. The fourth-order valence-electron chi connectivity index (χ4n) is 2.00. The van der Waals surface area contributed by atoms with E-state index < -0.39 is 0 Å². The highest BCUT2D eigenvalue weighted by Crippen LogP contribution is 2.26. The Bertz CT molecular complexity index is 362. The molecule has 1 fully saturated rings. The molecule has 4 nitrogen and oxygen atoms in total. The number of benzene rings is 1. The summed E-state index contributed by atoms with van der Waals surface area (Å²) in [6.07, 6.45) is 1.14. The Morgan fingerprint density at radius 1 is 1.53 bits per heavy atom. The molecular formula is C13H19NO3. The molecule has 0 bridgehead atoms. The molecule has 0 radical (unpaired) electrons. The van der Waals surface area contributed by atoms with Crippen molar-refractivity contribution in [3.05, 3.63) is 23.8 Å². The molecule has 0 spiro atoms. The van der Waals surface area contributed by atoms with Crippen molar-refractivity contribution < 1.29 is 14.6 Å². The lowest BCUT2D eigenvalue weighted by Gasteiger charge is -2.10. The molecule has 4 heteroatoms. The number of aromatic hydroxyl groups is 1. The van der Waals surface area contributed by atoms with Crippen LogP contribution in [0.4, 0.5) is 0 Å². The Balaban J connectivity index is 1.81. The molecule has 0 saturated carbocycles. The highest BCUT2D eigenvalue weighted by Gasteiger charge is 2.14. The summed E-state index contributed by atoms with van der Waals surface area (Å²) >= 11 is 0. The lowest BCUT2D eigenvalue weighted by atomic mass is 10.1. The standard InChI is InChI=1S/C13H19NO3/c1-16-13-6-10(2-3-12(13)15)7-14-8-11-4-5-17-9-11/h2-3,6,11,14-15H,4-5,7-9H2,1H3. The molecular weight excluding hydrogens is 218 g/mol. The second-order valence-corrected chi connectivity index (χ2v) is 4.37. The van der Waals surface area contributed by atoms with Gasteiger partial charge in [-0.1, -0.05) is 6.07 Å². The Kier molecular flexibility index (Phi) is 4.23. The Morgan fingerprint density at radius 3 is 3.12 bits per heavy atom. The van der Waals surface area contributed by atoms with Crippen LogP contribution in [0.1, 0.15) is 12.0 Å². The van der Waals surface area contributed by atoms with E-state index >= 15 is 0 Å². The van der Waals surface area contributed by atoms with Crippen LogP contribution in [0.3, 0.4) is 0 Å². The van der Waals surface area contributed by atoms with E-state index in [1.807, 2.05) is 12.1 Å². The first-order valence-electron chi connectivity index (χ1n) is 5.94. The zero-order valence-electron chi connectivity index (χ0n) is 10.1. The van der Waals surface area contributed by atoms with E-state index in [1.54, 1.807) is 13.2 Å². The monoisotopic (exact) mass is 237 g/mol. The van der Waals surface area contributed by atoms with Crippen molar-refractivity contribution >= 4 is 0 Å². The van der Waals surface area contributed by atoms with E-state index in [4.69, 9.17) is 9.47 Å². The third-order valence-electron chi connectivity index (χ3n) is 3.03. The molecule has 1 aliphatic rings. The van der Waals surface area contributed by atoms with Crippen molar-refractivity contribution in [3.63, 3.8) is 0 Å². The molecule has 0 aromatic heterocycles. The van der Waals surface area contributed by atoms with E-state index in [0.29, 0.717) is 11.7 Å². The molecule has 17 heavy (non-hydrogen) atoms. The molecule has 1 unspecified atom stereocenters. The smallest absolute Gasteiger partial charge is 0.160 e. The van der Waals surface area contributed by atoms with Gasteiger partial charge in [-0.2, -0.15) is 0 Å². The molecule has 1 aromatic carbocycles. The average Bonchev–Trinajstić information content (AvgIpc) is 2.84. The van der Waals surface area contributed by atoms with Crippen molar-refractivity contribution in [3.8, 4) is 11.5 Å². The minimum absolute atomic E-state index is 0.181. The Morgan fingerprint density at radius 2 is 2.41 bits per heavy atom. The zero-order valence-corrected chi connectivity index (χ0v) is 10.1. The normalized spacial score (nSPS) is 19.5. The van der Waals surface area contributed by atoms with Gasteiger partial charge in [-0.25, -0.2) is 0 Å². The zero-order chi connectivity index (χ0) is 12.1. The van der Waals surface area contributed by atoms with Crippen molar-refractivity contribution in [1.29, 1.82) is 0 Å². The highest BCUT2D eigenvalue weighted by atomic mass is 16.5. The number of phenols is 1. The Hall–Kier alpha value is -1.26. The van der Waals surface area contributed by atoms with Crippen LogP contribution in [0.5, 0.6) is 11.5 Å². The fraction of sp³-hybridized carbons (Fsp3) is 0.538. The fourth-order valence-corrected chi connectivity index (χ4v) is 2.00. The van der Waals surface area contributed by atoms with E-state index in [0.717, 1.165) is 38.3 Å². The molecule has 1 aromatic rings. The summed E-state index contributed by atoms with van der Waals surface area (Å²) in [6.45, 7) is 3.52. The van der Waals surface area contributed by atoms with Gasteiger partial charge in [0, 0.05) is 19.7 Å². The van der Waals surface area contributed by atoms with Crippen molar-refractivity contribution in [2.45, 2.75) is 13.0 Å². The van der Waals surface area contributed by atoms with Gasteiger partial charge < -0.3 is 19.9 Å². The molecule has 1 heterocycles. The Labute approximate surface area is 102 Å². The first-order valence-corrected chi connectivity index (χ1v) is 5.94. The van der Waals surface area contributed by atoms with Crippen molar-refractivity contribution in [2.24, 2.45) is 5.92 Å². The molecule has 1 aliphatic heterocycles. The van der Waals surface area contributed by atoms with Crippen LogP contribution in [0, 0.1) is 5.92 Å². The van der Waals surface area contributed by atoms with Crippen LogP contribution < -0.4 is 10.1 Å². The molecule has 0 aliphatic carbocycles. The number of phenolic OH excluding ortho intramolecular Hbond substituents is 1. The minimum atomic E-state index is 0.181. The van der Waals surface area contributed by atoms with Gasteiger partial charge in [0.1, 0.15) is 0 Å². The second-order valence-electron chi connectivity index (χ2n) is 4.37. The van der Waals surface area contributed by atoms with E-state index in [2.05, 4.69) is 5.32 Å². The summed E-state index contributed by atoms with van der Waals surface area (Å²) < 4.78 is 10.4. The summed E-state index contributed by atoms with van der Waals surface area (Å²) in [7, 11) is 1.56. The van der Waals surface area contributed by atoms with Gasteiger partial charge in [-0.3, -0.25) is 0 Å². The summed E-state index contributed by atoms with van der Waals surface area (Å²) in [5.41, 5.74) is 1.11. The number of hydrogen-bond acceptors (Lipinski definition) is 4. The largest absolute Gasteiger partial charge is 0.504 e. The van der Waals surface area contributed by atoms with Gasteiger partial charge >= 0.3 is 0 Å². The number of hydrogen-bond donors (Lipinski definition) is 2. The topological polar surface area (TPSA) is 50.7 Å². The van der Waals surface area contributed by atoms with Gasteiger partial charge in [0.2, 0.25) is 0 Å². The van der Waals surface area contributed by atoms with Crippen molar-refractivity contribution in [2.75, 3.05) is 26.9 Å². The molecule has 1 atom stereocenters. The maximum absolute atomic E-state index is 9.47. The quantitative estimate of drug-likeness (QED) is 0.815. The minimum Gasteiger partial charge on any atom is -0.504 e. The third kappa shape index (κ3) is 3.35. The number of rotatable bonds is 5. The van der Waals surface area contributed by atoms with E-state index in [-0.39, 0.29) is 5.75 Å². The van der Waals surface area contributed by atoms with Crippen LogP contribution >= 0.6 is 0 Å². The molecule has 1 saturated heterocycles. The summed E-state index contributed by atoms with van der Waals surface area (Å²) in [6, 6.07) is 5.41. The lowest BCUT2D eigenvalue weighted by Crippen LogP contribution is -2.22. The first kappa shape index (κ1) is 12.2. The summed E-state index contributed by atoms with van der Waals surface area (Å²) in [5, 5.41) is 12.9. The number of ether oxygens (including phenoxy) is 2. The molecule has 94 valence electrons. The predicted molar refractivity (Wildman–Crippen MR) is 65.3 cm³/mol. The maximum Gasteiger partial charge on any atom is 0.160 e.